The molecular weight excluding hydrogens is 186 g/mol. The van der Waals surface area contributed by atoms with Crippen LogP contribution in [0.15, 0.2) is 0 Å². The summed E-state index contributed by atoms with van der Waals surface area (Å²) in [6.45, 7) is 6.80. The Bertz CT molecular complexity index is 179. The fourth-order valence-electron chi connectivity index (χ4n) is 2.63. The van der Waals surface area contributed by atoms with Crippen molar-refractivity contribution in [3.05, 3.63) is 0 Å². The minimum absolute atomic E-state index is 0.0715. The third kappa shape index (κ3) is 4.12. The van der Waals surface area contributed by atoms with Gasteiger partial charge in [0.2, 0.25) is 0 Å². The number of hydrogen-bond acceptors (Lipinski definition) is 2. The number of hydrogen-bond donors (Lipinski definition) is 2. The van der Waals surface area contributed by atoms with Crippen molar-refractivity contribution in [1.29, 1.82) is 0 Å². The van der Waals surface area contributed by atoms with Gasteiger partial charge < -0.3 is 10.4 Å². The van der Waals surface area contributed by atoms with Crippen LogP contribution in [0.25, 0.3) is 0 Å². The molecule has 1 aliphatic rings. The first-order valence-corrected chi connectivity index (χ1v) is 6.48. The van der Waals surface area contributed by atoms with Crippen LogP contribution in [0.2, 0.25) is 0 Å². The average Bonchev–Trinajstić information content (AvgIpc) is 2.12. The van der Waals surface area contributed by atoms with Gasteiger partial charge in [-0.1, -0.05) is 32.6 Å². The van der Waals surface area contributed by atoms with Gasteiger partial charge in [0.1, 0.15) is 0 Å². The van der Waals surface area contributed by atoms with E-state index < -0.39 is 0 Å². The van der Waals surface area contributed by atoms with Crippen LogP contribution in [0.3, 0.4) is 0 Å². The van der Waals surface area contributed by atoms with E-state index in [1.807, 2.05) is 0 Å². The fraction of sp³-hybridized carbons (Fsp3) is 1.00. The molecule has 90 valence electrons. The van der Waals surface area contributed by atoms with Crippen LogP contribution in [0.1, 0.15) is 59.3 Å². The molecule has 0 aromatic carbocycles. The van der Waals surface area contributed by atoms with Crippen molar-refractivity contribution >= 4 is 0 Å². The Morgan fingerprint density at radius 2 is 2.13 bits per heavy atom. The maximum atomic E-state index is 9.41. The molecule has 0 radical (unpaired) electrons. The lowest BCUT2D eigenvalue weighted by Gasteiger charge is -2.35. The van der Waals surface area contributed by atoms with E-state index in [-0.39, 0.29) is 12.1 Å². The quantitative estimate of drug-likeness (QED) is 0.681. The number of aliphatic hydroxyl groups is 1. The van der Waals surface area contributed by atoms with E-state index in [1.165, 1.54) is 25.7 Å². The van der Waals surface area contributed by atoms with Crippen LogP contribution < -0.4 is 5.32 Å². The summed E-state index contributed by atoms with van der Waals surface area (Å²) in [5, 5.41) is 13.0. The van der Waals surface area contributed by atoms with E-state index in [0.717, 1.165) is 18.8 Å². The molecule has 1 aliphatic carbocycles. The van der Waals surface area contributed by atoms with Crippen LogP contribution in [0.4, 0.5) is 0 Å². The Hall–Kier alpha value is -0.0800. The summed E-state index contributed by atoms with van der Waals surface area (Å²) >= 11 is 0. The third-order valence-electron chi connectivity index (χ3n) is 3.66. The summed E-state index contributed by atoms with van der Waals surface area (Å²) in [5.74, 6) is 0.942. The molecule has 2 N–H and O–H groups in total. The first kappa shape index (κ1) is 13.0. The zero-order valence-electron chi connectivity index (χ0n) is 10.6. The van der Waals surface area contributed by atoms with Gasteiger partial charge in [-0.3, -0.25) is 0 Å². The maximum Gasteiger partial charge on any atom is 0.0610 e. The highest BCUT2D eigenvalue weighted by molar-refractivity contribution is 4.86. The lowest BCUT2D eigenvalue weighted by Crippen LogP contribution is -2.50. The molecule has 0 heterocycles. The number of aliphatic hydroxyl groups excluding tert-OH is 1. The molecule has 15 heavy (non-hydrogen) atoms. The SMILES string of the molecule is CCCC(C)(CO)NC(C)CC1CCC1. The predicted octanol–water partition coefficient (Wildman–Crippen LogP) is 2.71. The molecule has 1 fully saturated rings. The van der Waals surface area contributed by atoms with Crippen molar-refractivity contribution in [2.24, 2.45) is 5.92 Å². The summed E-state index contributed by atoms with van der Waals surface area (Å²) in [5.41, 5.74) is -0.0715. The Morgan fingerprint density at radius 1 is 1.47 bits per heavy atom. The second kappa shape index (κ2) is 5.86. The minimum atomic E-state index is -0.0715. The summed E-state index contributed by atoms with van der Waals surface area (Å²) in [4.78, 5) is 0. The van der Waals surface area contributed by atoms with Crippen LogP contribution in [0.5, 0.6) is 0 Å². The molecule has 0 amide bonds. The molecule has 2 heteroatoms. The largest absolute Gasteiger partial charge is 0.394 e. The molecule has 0 aromatic heterocycles. The van der Waals surface area contributed by atoms with Crippen molar-refractivity contribution in [2.75, 3.05) is 6.61 Å². The average molecular weight is 213 g/mol. The Kier molecular flexibility index (Phi) is 5.07. The molecule has 0 bridgehead atoms. The van der Waals surface area contributed by atoms with Gasteiger partial charge in [-0.05, 0) is 32.6 Å². The Labute approximate surface area is 94.5 Å². The van der Waals surface area contributed by atoms with Gasteiger partial charge >= 0.3 is 0 Å². The molecule has 2 nitrogen and oxygen atoms in total. The van der Waals surface area contributed by atoms with E-state index in [4.69, 9.17) is 0 Å². The zero-order chi connectivity index (χ0) is 11.3. The summed E-state index contributed by atoms with van der Waals surface area (Å²) in [6, 6.07) is 0.541. The number of nitrogens with one attached hydrogen (secondary N) is 1. The van der Waals surface area contributed by atoms with Crippen LogP contribution >= 0.6 is 0 Å². The maximum absolute atomic E-state index is 9.41. The molecule has 1 rings (SSSR count). The highest BCUT2D eigenvalue weighted by Gasteiger charge is 2.26. The first-order valence-electron chi connectivity index (χ1n) is 6.48. The lowest BCUT2D eigenvalue weighted by molar-refractivity contribution is 0.142. The second-order valence-electron chi connectivity index (χ2n) is 5.55. The van der Waals surface area contributed by atoms with E-state index in [1.54, 1.807) is 0 Å². The second-order valence-corrected chi connectivity index (χ2v) is 5.55. The zero-order valence-corrected chi connectivity index (χ0v) is 10.6. The van der Waals surface area contributed by atoms with Crippen LogP contribution in [0, 0.1) is 5.92 Å². The van der Waals surface area contributed by atoms with E-state index in [9.17, 15) is 5.11 Å². The molecule has 0 spiro atoms. The molecule has 2 atom stereocenters. The monoisotopic (exact) mass is 213 g/mol. The van der Waals surface area contributed by atoms with Gasteiger partial charge in [0.05, 0.1) is 6.61 Å². The molecule has 2 unspecified atom stereocenters. The van der Waals surface area contributed by atoms with Crippen molar-refractivity contribution in [2.45, 2.75) is 70.9 Å². The van der Waals surface area contributed by atoms with Gasteiger partial charge in [0, 0.05) is 11.6 Å². The van der Waals surface area contributed by atoms with Crippen LogP contribution in [-0.4, -0.2) is 23.3 Å². The topological polar surface area (TPSA) is 32.3 Å². The van der Waals surface area contributed by atoms with Gasteiger partial charge in [-0.2, -0.15) is 0 Å². The summed E-state index contributed by atoms with van der Waals surface area (Å²) < 4.78 is 0. The highest BCUT2D eigenvalue weighted by atomic mass is 16.3. The van der Waals surface area contributed by atoms with Gasteiger partial charge in [0.15, 0.2) is 0 Å². The molecule has 0 aliphatic heterocycles. The third-order valence-corrected chi connectivity index (χ3v) is 3.66. The lowest BCUT2D eigenvalue weighted by atomic mass is 9.80. The van der Waals surface area contributed by atoms with Crippen molar-refractivity contribution in [3.63, 3.8) is 0 Å². The van der Waals surface area contributed by atoms with Crippen LogP contribution in [-0.2, 0) is 0 Å². The van der Waals surface area contributed by atoms with Crippen molar-refractivity contribution in [3.8, 4) is 0 Å². The molecule has 1 saturated carbocycles. The van der Waals surface area contributed by atoms with Crippen molar-refractivity contribution < 1.29 is 5.11 Å². The van der Waals surface area contributed by atoms with E-state index in [0.29, 0.717) is 6.04 Å². The Balaban J connectivity index is 2.28. The smallest absolute Gasteiger partial charge is 0.0610 e. The standard InChI is InChI=1S/C13H27NO/c1-4-8-13(3,10-15)14-11(2)9-12-6-5-7-12/h11-12,14-15H,4-10H2,1-3H3. The molecule has 0 saturated heterocycles. The summed E-state index contributed by atoms with van der Waals surface area (Å²) in [6.07, 6.45) is 7.70. The van der Waals surface area contributed by atoms with Gasteiger partial charge in [-0.25, -0.2) is 0 Å². The van der Waals surface area contributed by atoms with Gasteiger partial charge in [-0.15, -0.1) is 0 Å². The summed E-state index contributed by atoms with van der Waals surface area (Å²) in [7, 11) is 0. The van der Waals surface area contributed by atoms with Crippen molar-refractivity contribution in [1.82, 2.24) is 5.32 Å². The van der Waals surface area contributed by atoms with E-state index >= 15 is 0 Å². The molecular formula is C13H27NO. The molecule has 0 aromatic rings. The normalized spacial score (nSPS) is 23.2. The fourth-order valence-corrected chi connectivity index (χ4v) is 2.63. The van der Waals surface area contributed by atoms with E-state index in [2.05, 4.69) is 26.1 Å². The minimum Gasteiger partial charge on any atom is -0.394 e. The first-order chi connectivity index (χ1) is 7.09. The number of rotatable bonds is 7. The Morgan fingerprint density at radius 3 is 2.53 bits per heavy atom. The highest BCUT2D eigenvalue weighted by Crippen LogP contribution is 2.30. The predicted molar refractivity (Wildman–Crippen MR) is 65.0 cm³/mol. The van der Waals surface area contributed by atoms with Gasteiger partial charge in [0.25, 0.3) is 0 Å².